The highest BCUT2D eigenvalue weighted by atomic mass is 32.2. The highest BCUT2D eigenvalue weighted by molar-refractivity contribution is 7.92. The zero-order valence-corrected chi connectivity index (χ0v) is 10.3. The van der Waals surface area contributed by atoms with Crippen molar-refractivity contribution in [3.63, 3.8) is 0 Å². The number of sulfone groups is 1. The minimum Gasteiger partial charge on any atom is -0.319 e. The Bertz CT molecular complexity index is 446. The van der Waals surface area contributed by atoms with E-state index < -0.39 is 9.84 Å². The summed E-state index contributed by atoms with van der Waals surface area (Å²) in [6.45, 7) is 0.911. The maximum Gasteiger partial charge on any atom is 0.181 e. The van der Waals surface area contributed by atoms with Crippen molar-refractivity contribution in [2.45, 2.75) is 29.4 Å². The average molecular weight is 239 g/mol. The van der Waals surface area contributed by atoms with Crippen molar-refractivity contribution in [1.29, 1.82) is 0 Å². The van der Waals surface area contributed by atoms with Crippen LogP contribution >= 0.6 is 0 Å². The number of hydrogen-bond donors (Lipinski definition) is 1. The minimum absolute atomic E-state index is 0.115. The van der Waals surface area contributed by atoms with Crippen molar-refractivity contribution < 1.29 is 8.42 Å². The van der Waals surface area contributed by atoms with Crippen LogP contribution in [0.2, 0.25) is 0 Å². The van der Waals surface area contributed by atoms with Gasteiger partial charge in [-0.3, -0.25) is 0 Å². The van der Waals surface area contributed by atoms with Crippen molar-refractivity contribution in [2.75, 3.05) is 13.6 Å². The van der Waals surface area contributed by atoms with Crippen molar-refractivity contribution in [3.05, 3.63) is 29.8 Å². The number of likely N-dealkylation sites (N-methyl/N-ethyl adjacent to an activating group) is 1. The van der Waals surface area contributed by atoms with Gasteiger partial charge in [0.15, 0.2) is 9.84 Å². The summed E-state index contributed by atoms with van der Waals surface area (Å²) in [6, 6.07) is 7.29. The molecule has 1 aliphatic carbocycles. The molecule has 0 heterocycles. The highest BCUT2D eigenvalue weighted by Crippen LogP contribution is 2.33. The molecule has 1 aliphatic rings. The van der Waals surface area contributed by atoms with E-state index in [1.165, 1.54) is 5.56 Å². The van der Waals surface area contributed by atoms with Crippen molar-refractivity contribution >= 4 is 9.84 Å². The van der Waals surface area contributed by atoms with Crippen LogP contribution in [0, 0.1) is 0 Å². The number of rotatable bonds is 5. The van der Waals surface area contributed by atoms with Gasteiger partial charge in [0, 0.05) is 0 Å². The van der Waals surface area contributed by atoms with Gasteiger partial charge in [-0.25, -0.2) is 8.42 Å². The van der Waals surface area contributed by atoms with Gasteiger partial charge in [0.05, 0.1) is 10.1 Å². The molecule has 0 spiro atoms. The summed E-state index contributed by atoms with van der Waals surface area (Å²) < 4.78 is 23.8. The first kappa shape index (κ1) is 11.6. The minimum atomic E-state index is -3.02. The Labute approximate surface area is 96.8 Å². The normalized spacial score (nSPS) is 16.3. The fraction of sp³-hybridized carbons (Fsp3) is 0.500. The molecule has 88 valence electrons. The number of benzene rings is 1. The van der Waals surface area contributed by atoms with Gasteiger partial charge < -0.3 is 5.32 Å². The molecule has 0 amide bonds. The largest absolute Gasteiger partial charge is 0.319 e. The summed E-state index contributed by atoms with van der Waals surface area (Å²) >= 11 is 0. The van der Waals surface area contributed by atoms with Crippen LogP contribution in [-0.2, 0) is 16.3 Å². The van der Waals surface area contributed by atoms with Gasteiger partial charge in [0.25, 0.3) is 0 Å². The fourth-order valence-electron chi connectivity index (χ4n) is 1.69. The molecule has 0 radical (unpaired) electrons. The summed E-state index contributed by atoms with van der Waals surface area (Å²) in [7, 11) is -1.11. The maximum absolute atomic E-state index is 11.9. The topological polar surface area (TPSA) is 46.2 Å². The van der Waals surface area contributed by atoms with E-state index in [0.29, 0.717) is 4.90 Å². The first-order chi connectivity index (χ1) is 7.64. The molecule has 0 aliphatic heterocycles. The van der Waals surface area contributed by atoms with E-state index >= 15 is 0 Å². The van der Waals surface area contributed by atoms with Crippen molar-refractivity contribution in [3.8, 4) is 0 Å². The standard InChI is InChI=1S/C12H17NO2S/c1-13-9-8-10-2-4-11(5-3-10)16(14,15)12-6-7-12/h2-5,12-13H,6-9H2,1H3. The summed E-state index contributed by atoms with van der Waals surface area (Å²) in [5, 5.41) is 2.96. The van der Waals surface area contributed by atoms with Gasteiger partial charge in [-0.05, 0) is 50.6 Å². The molecule has 1 aromatic carbocycles. The first-order valence-electron chi connectivity index (χ1n) is 5.62. The van der Waals surface area contributed by atoms with Crippen LogP contribution in [0.5, 0.6) is 0 Å². The van der Waals surface area contributed by atoms with E-state index in [4.69, 9.17) is 0 Å². The molecule has 0 atom stereocenters. The molecule has 3 nitrogen and oxygen atoms in total. The third-order valence-corrected chi connectivity index (χ3v) is 5.16. The van der Waals surface area contributed by atoms with Gasteiger partial charge in [0.1, 0.15) is 0 Å². The predicted molar refractivity (Wildman–Crippen MR) is 64.3 cm³/mol. The van der Waals surface area contributed by atoms with E-state index in [2.05, 4.69) is 5.32 Å². The van der Waals surface area contributed by atoms with Gasteiger partial charge in [-0.15, -0.1) is 0 Å². The van der Waals surface area contributed by atoms with E-state index in [1.807, 2.05) is 19.2 Å². The summed E-state index contributed by atoms with van der Waals surface area (Å²) in [5.41, 5.74) is 1.17. The van der Waals surface area contributed by atoms with E-state index in [9.17, 15) is 8.42 Å². The molecule has 0 saturated heterocycles. The summed E-state index contributed by atoms with van der Waals surface area (Å²) in [4.78, 5) is 0.475. The Morgan fingerprint density at radius 3 is 2.38 bits per heavy atom. The average Bonchev–Trinajstić information content (AvgIpc) is 3.11. The molecule has 1 fully saturated rings. The lowest BCUT2D eigenvalue weighted by molar-refractivity contribution is 0.595. The third kappa shape index (κ3) is 2.44. The number of hydrogen-bond acceptors (Lipinski definition) is 3. The van der Waals surface area contributed by atoms with Crippen LogP contribution in [0.15, 0.2) is 29.2 Å². The predicted octanol–water partition coefficient (Wildman–Crippen LogP) is 1.38. The first-order valence-corrected chi connectivity index (χ1v) is 7.16. The lowest BCUT2D eigenvalue weighted by atomic mass is 10.1. The maximum atomic E-state index is 11.9. The third-order valence-electron chi connectivity index (χ3n) is 2.88. The van der Waals surface area contributed by atoms with Gasteiger partial charge >= 0.3 is 0 Å². The Hall–Kier alpha value is -0.870. The van der Waals surface area contributed by atoms with Gasteiger partial charge in [0.2, 0.25) is 0 Å². The van der Waals surface area contributed by atoms with E-state index in [-0.39, 0.29) is 5.25 Å². The smallest absolute Gasteiger partial charge is 0.181 e. The van der Waals surface area contributed by atoms with Crippen molar-refractivity contribution in [1.82, 2.24) is 5.32 Å². The van der Waals surface area contributed by atoms with Crippen LogP contribution in [-0.4, -0.2) is 27.3 Å². The van der Waals surface area contributed by atoms with Crippen molar-refractivity contribution in [2.24, 2.45) is 0 Å². The molecule has 16 heavy (non-hydrogen) atoms. The van der Waals surface area contributed by atoms with Gasteiger partial charge in [-0.1, -0.05) is 12.1 Å². The molecule has 4 heteroatoms. The molecular formula is C12H17NO2S. The van der Waals surface area contributed by atoms with Crippen LogP contribution in [0.1, 0.15) is 18.4 Å². The summed E-state index contributed by atoms with van der Waals surface area (Å²) in [6.07, 6.45) is 2.58. The SMILES string of the molecule is CNCCc1ccc(S(=O)(=O)C2CC2)cc1. The molecule has 1 N–H and O–H groups in total. The molecule has 0 unspecified atom stereocenters. The second-order valence-electron chi connectivity index (χ2n) is 4.24. The molecular weight excluding hydrogens is 222 g/mol. The van der Waals surface area contributed by atoms with Crippen LogP contribution < -0.4 is 5.32 Å². The molecule has 0 bridgehead atoms. The number of nitrogens with one attached hydrogen (secondary N) is 1. The monoisotopic (exact) mass is 239 g/mol. The molecule has 1 aromatic rings. The van der Waals surface area contributed by atoms with Gasteiger partial charge in [-0.2, -0.15) is 0 Å². The highest BCUT2D eigenvalue weighted by Gasteiger charge is 2.36. The molecule has 1 saturated carbocycles. The van der Waals surface area contributed by atoms with Crippen LogP contribution in [0.4, 0.5) is 0 Å². The lowest BCUT2D eigenvalue weighted by Crippen LogP contribution is -2.11. The van der Waals surface area contributed by atoms with Crippen LogP contribution in [0.25, 0.3) is 0 Å². The Balaban J connectivity index is 2.12. The van der Waals surface area contributed by atoms with E-state index in [0.717, 1.165) is 25.8 Å². The zero-order valence-electron chi connectivity index (χ0n) is 9.44. The quantitative estimate of drug-likeness (QED) is 0.844. The molecule has 0 aromatic heterocycles. The Kier molecular flexibility index (Phi) is 3.30. The Morgan fingerprint density at radius 1 is 1.25 bits per heavy atom. The zero-order chi connectivity index (χ0) is 11.6. The molecule has 2 rings (SSSR count). The van der Waals surface area contributed by atoms with Crippen LogP contribution in [0.3, 0.4) is 0 Å². The second-order valence-corrected chi connectivity index (χ2v) is 6.47. The van der Waals surface area contributed by atoms with E-state index in [1.54, 1.807) is 12.1 Å². The lowest BCUT2D eigenvalue weighted by Gasteiger charge is -2.04. The summed E-state index contributed by atoms with van der Waals surface area (Å²) in [5.74, 6) is 0. The fourth-order valence-corrected chi connectivity index (χ4v) is 3.34. The second kappa shape index (κ2) is 4.55. The Morgan fingerprint density at radius 2 is 1.88 bits per heavy atom.